The molecule has 0 aliphatic carbocycles. The summed E-state index contributed by atoms with van der Waals surface area (Å²) < 4.78 is 0. The average Bonchev–Trinajstić information content (AvgIpc) is 2.54. The highest BCUT2D eigenvalue weighted by Crippen LogP contribution is 2.21. The number of likely N-dealkylation sites (tertiary alicyclic amines) is 1. The van der Waals surface area contributed by atoms with Crippen LogP contribution in [0.3, 0.4) is 0 Å². The van der Waals surface area contributed by atoms with Crippen LogP contribution in [0.25, 0.3) is 0 Å². The van der Waals surface area contributed by atoms with Crippen molar-refractivity contribution in [3.8, 4) is 0 Å². The molecule has 1 aromatic rings. The number of carbonyl (C=O) groups excluding carboxylic acids is 1. The number of benzene rings is 1. The van der Waals surface area contributed by atoms with E-state index in [4.69, 9.17) is 11.6 Å². The molecule has 21 heavy (non-hydrogen) atoms. The Morgan fingerprint density at radius 2 is 2.00 bits per heavy atom. The molecule has 1 atom stereocenters. The van der Waals surface area contributed by atoms with Crippen LogP contribution in [-0.2, 0) is 4.79 Å². The van der Waals surface area contributed by atoms with Crippen molar-refractivity contribution in [3.05, 3.63) is 35.9 Å². The average molecular weight is 309 g/mol. The molecule has 1 saturated heterocycles. The highest BCUT2D eigenvalue weighted by Gasteiger charge is 2.24. The molecule has 2 rings (SSSR count). The van der Waals surface area contributed by atoms with E-state index in [1.54, 1.807) is 0 Å². The van der Waals surface area contributed by atoms with Gasteiger partial charge in [0.15, 0.2) is 0 Å². The predicted molar refractivity (Wildman–Crippen MR) is 87.5 cm³/mol. The monoisotopic (exact) mass is 308 g/mol. The van der Waals surface area contributed by atoms with Crippen LogP contribution in [0, 0.1) is 0 Å². The van der Waals surface area contributed by atoms with E-state index >= 15 is 0 Å². The molecule has 4 heteroatoms. The molecule has 0 radical (unpaired) electrons. The molecule has 116 valence electrons. The summed E-state index contributed by atoms with van der Waals surface area (Å²) in [4.78, 5) is 14.7. The molecule has 3 nitrogen and oxygen atoms in total. The third kappa shape index (κ3) is 5.01. The second-order valence-electron chi connectivity index (χ2n) is 5.75. The number of hydrogen-bond acceptors (Lipinski definition) is 2. The fourth-order valence-corrected chi connectivity index (χ4v) is 2.94. The molecule has 0 aromatic heterocycles. The van der Waals surface area contributed by atoms with Gasteiger partial charge in [0.1, 0.15) is 5.38 Å². The van der Waals surface area contributed by atoms with Crippen molar-refractivity contribution in [3.63, 3.8) is 0 Å². The summed E-state index contributed by atoms with van der Waals surface area (Å²) in [6.45, 7) is 5.54. The smallest absolute Gasteiger partial charge is 0.242 e. The van der Waals surface area contributed by atoms with Gasteiger partial charge in [-0.1, -0.05) is 43.7 Å². The summed E-state index contributed by atoms with van der Waals surface area (Å²) in [5, 5.41) is 2.50. The van der Waals surface area contributed by atoms with Crippen molar-refractivity contribution >= 4 is 17.5 Å². The Kier molecular flexibility index (Phi) is 6.52. The Hall–Kier alpha value is -1.06. The van der Waals surface area contributed by atoms with Crippen LogP contribution in [0.4, 0.5) is 0 Å². The van der Waals surface area contributed by atoms with Crippen LogP contribution in [0.1, 0.15) is 43.5 Å². The highest BCUT2D eigenvalue weighted by molar-refractivity contribution is 6.30. The maximum Gasteiger partial charge on any atom is 0.242 e. The van der Waals surface area contributed by atoms with Crippen molar-refractivity contribution in [2.24, 2.45) is 0 Å². The number of alkyl halides is 1. The summed E-state index contributed by atoms with van der Waals surface area (Å²) in [5.74, 6) is -0.0742. The molecule has 1 aromatic carbocycles. The summed E-state index contributed by atoms with van der Waals surface area (Å²) >= 11 is 6.25. The topological polar surface area (TPSA) is 32.3 Å². The first-order chi connectivity index (χ1) is 10.2. The zero-order chi connectivity index (χ0) is 15.1. The molecule has 0 saturated carbocycles. The quantitative estimate of drug-likeness (QED) is 0.817. The van der Waals surface area contributed by atoms with E-state index in [1.165, 1.54) is 19.4 Å². The Balaban J connectivity index is 1.77. The minimum absolute atomic E-state index is 0.0742. The number of nitrogens with one attached hydrogen (secondary N) is 1. The van der Waals surface area contributed by atoms with Gasteiger partial charge in [-0.25, -0.2) is 0 Å². The van der Waals surface area contributed by atoms with Gasteiger partial charge in [0.25, 0.3) is 0 Å². The number of rotatable bonds is 6. The number of halogens is 1. The van der Waals surface area contributed by atoms with Crippen LogP contribution >= 0.6 is 11.6 Å². The number of unbranched alkanes of at least 4 members (excludes halogenated alkanes) is 1. The summed E-state index contributed by atoms with van der Waals surface area (Å²) in [6.07, 6.45) is 4.54. The van der Waals surface area contributed by atoms with Gasteiger partial charge in [-0.15, -0.1) is 11.6 Å². The third-order valence-electron chi connectivity index (χ3n) is 4.08. The van der Waals surface area contributed by atoms with E-state index in [2.05, 4.69) is 17.1 Å². The fraction of sp³-hybridized carbons (Fsp3) is 0.588. The molecule has 0 spiro atoms. The lowest BCUT2D eigenvalue weighted by Crippen LogP contribution is -2.45. The number of amides is 1. The maximum absolute atomic E-state index is 12.2. The van der Waals surface area contributed by atoms with Gasteiger partial charge >= 0.3 is 0 Å². The molecule has 1 unspecified atom stereocenters. The zero-order valence-corrected chi connectivity index (χ0v) is 13.5. The Morgan fingerprint density at radius 1 is 1.33 bits per heavy atom. The van der Waals surface area contributed by atoms with E-state index in [1.807, 2.05) is 30.3 Å². The van der Waals surface area contributed by atoms with Crippen LogP contribution in [-0.4, -0.2) is 36.5 Å². The molecular formula is C17H25ClN2O. The second-order valence-corrected chi connectivity index (χ2v) is 6.19. The van der Waals surface area contributed by atoms with Gasteiger partial charge in [-0.2, -0.15) is 0 Å². The SMILES string of the molecule is CCCCN1CCC(NC(=O)C(Cl)c2ccccc2)CC1. The Labute approximate surface area is 132 Å². The normalized spacial score (nSPS) is 18.4. The minimum atomic E-state index is -0.593. The Morgan fingerprint density at radius 3 is 2.62 bits per heavy atom. The van der Waals surface area contributed by atoms with Gasteiger partial charge < -0.3 is 10.2 Å². The molecule has 1 aliphatic heterocycles. The molecule has 1 amide bonds. The molecule has 1 fully saturated rings. The lowest BCUT2D eigenvalue weighted by atomic mass is 10.0. The number of nitrogens with zero attached hydrogens (tertiary/aromatic N) is 1. The third-order valence-corrected chi connectivity index (χ3v) is 4.53. The van der Waals surface area contributed by atoms with Crippen molar-refractivity contribution in [2.75, 3.05) is 19.6 Å². The standard InChI is InChI=1S/C17H25ClN2O/c1-2-3-11-20-12-9-15(10-13-20)19-17(21)16(18)14-7-5-4-6-8-14/h4-8,15-16H,2-3,9-13H2,1H3,(H,19,21). The fourth-order valence-electron chi connectivity index (χ4n) is 2.73. The van der Waals surface area contributed by atoms with Crippen LogP contribution in [0.2, 0.25) is 0 Å². The van der Waals surface area contributed by atoms with Crippen LogP contribution in [0.5, 0.6) is 0 Å². The van der Waals surface area contributed by atoms with E-state index < -0.39 is 5.38 Å². The van der Waals surface area contributed by atoms with Crippen molar-refractivity contribution in [2.45, 2.75) is 44.0 Å². The van der Waals surface area contributed by atoms with Gasteiger partial charge in [0, 0.05) is 19.1 Å². The van der Waals surface area contributed by atoms with Crippen molar-refractivity contribution in [1.82, 2.24) is 10.2 Å². The van der Waals surface area contributed by atoms with E-state index in [-0.39, 0.29) is 11.9 Å². The van der Waals surface area contributed by atoms with Gasteiger partial charge in [-0.05, 0) is 31.4 Å². The predicted octanol–water partition coefficient (Wildman–Crippen LogP) is 3.35. The lowest BCUT2D eigenvalue weighted by Gasteiger charge is -2.32. The number of carbonyl (C=O) groups is 1. The van der Waals surface area contributed by atoms with E-state index in [0.29, 0.717) is 0 Å². The molecule has 1 aliphatic rings. The molecule has 0 bridgehead atoms. The summed E-state index contributed by atoms with van der Waals surface area (Å²) in [6, 6.07) is 9.79. The van der Waals surface area contributed by atoms with Crippen LogP contribution in [0.15, 0.2) is 30.3 Å². The zero-order valence-electron chi connectivity index (χ0n) is 12.7. The first-order valence-corrected chi connectivity index (χ1v) is 8.36. The highest BCUT2D eigenvalue weighted by atomic mass is 35.5. The van der Waals surface area contributed by atoms with Crippen molar-refractivity contribution in [1.29, 1.82) is 0 Å². The Bertz CT molecular complexity index is 430. The van der Waals surface area contributed by atoms with Crippen molar-refractivity contribution < 1.29 is 4.79 Å². The molecule has 1 N–H and O–H groups in total. The maximum atomic E-state index is 12.2. The van der Waals surface area contributed by atoms with Gasteiger partial charge in [0.05, 0.1) is 0 Å². The lowest BCUT2D eigenvalue weighted by molar-refractivity contribution is -0.121. The van der Waals surface area contributed by atoms with Crippen LogP contribution < -0.4 is 5.32 Å². The second kappa shape index (κ2) is 8.40. The number of piperidine rings is 1. The van der Waals surface area contributed by atoms with E-state index in [9.17, 15) is 4.79 Å². The number of hydrogen-bond donors (Lipinski definition) is 1. The summed E-state index contributed by atoms with van der Waals surface area (Å²) in [7, 11) is 0. The first kappa shape index (κ1) is 16.3. The largest absolute Gasteiger partial charge is 0.352 e. The van der Waals surface area contributed by atoms with E-state index in [0.717, 1.165) is 31.5 Å². The molecular weight excluding hydrogens is 284 g/mol. The van der Waals surface area contributed by atoms with Gasteiger partial charge in [-0.3, -0.25) is 4.79 Å². The summed E-state index contributed by atoms with van der Waals surface area (Å²) in [5.41, 5.74) is 0.858. The minimum Gasteiger partial charge on any atom is -0.352 e. The van der Waals surface area contributed by atoms with Gasteiger partial charge in [0.2, 0.25) is 5.91 Å². The first-order valence-electron chi connectivity index (χ1n) is 7.92. The molecule has 1 heterocycles.